The van der Waals surface area contributed by atoms with Crippen LogP contribution >= 0.6 is 11.3 Å². The van der Waals surface area contributed by atoms with Crippen LogP contribution in [0.15, 0.2) is 71.8 Å². The van der Waals surface area contributed by atoms with E-state index in [4.69, 9.17) is 10.5 Å². The quantitative estimate of drug-likeness (QED) is 0.257. The van der Waals surface area contributed by atoms with E-state index in [1.54, 1.807) is 20.3 Å². The first kappa shape index (κ1) is 25.9. The normalized spacial score (nSPS) is 14.2. The van der Waals surface area contributed by atoms with E-state index in [0.29, 0.717) is 18.8 Å². The first-order valence-corrected chi connectivity index (χ1v) is 13.8. The monoisotopic (exact) mass is 529 g/mol. The van der Waals surface area contributed by atoms with Gasteiger partial charge in [0.1, 0.15) is 5.75 Å². The van der Waals surface area contributed by atoms with Crippen molar-refractivity contribution in [2.75, 3.05) is 19.7 Å². The molecule has 0 spiro atoms. The molecule has 38 heavy (non-hydrogen) atoms. The van der Waals surface area contributed by atoms with Gasteiger partial charge < -0.3 is 15.8 Å². The number of carbonyl (C=O) groups excluding carboxylic acids is 1. The Labute approximate surface area is 226 Å². The summed E-state index contributed by atoms with van der Waals surface area (Å²) in [5.41, 5.74) is 9.78. The number of allylic oxidation sites excluding steroid dienone is 2. The predicted octanol–water partition coefficient (Wildman–Crippen LogP) is 4.96. The highest BCUT2D eigenvalue weighted by Gasteiger charge is 2.47. The van der Waals surface area contributed by atoms with Crippen molar-refractivity contribution in [3.63, 3.8) is 0 Å². The SMILES string of the molecule is NCCCCCCNC(=O)COc1ccc(/C=C/c2ccc3n2B(F)[N+]2=C(c4cccs4)C=CC2=C3)cc1. The van der Waals surface area contributed by atoms with Crippen LogP contribution in [0.1, 0.15) is 47.5 Å². The van der Waals surface area contributed by atoms with E-state index < -0.39 is 7.26 Å². The number of unbranched alkanes of at least 4 members (excludes halogenated alkanes) is 3. The van der Waals surface area contributed by atoms with E-state index in [2.05, 4.69) is 5.32 Å². The van der Waals surface area contributed by atoms with E-state index in [0.717, 1.165) is 58.9 Å². The van der Waals surface area contributed by atoms with Crippen molar-refractivity contribution >= 4 is 48.4 Å². The highest BCUT2D eigenvalue weighted by molar-refractivity contribution is 7.12. The number of nitrogens with two attached hydrogens (primary N) is 1. The number of nitrogens with zero attached hydrogens (tertiary/aromatic N) is 2. The zero-order chi connectivity index (χ0) is 26.3. The molecule has 3 aromatic rings. The summed E-state index contributed by atoms with van der Waals surface area (Å²) in [6.45, 7) is 1.35. The topological polar surface area (TPSA) is 72.3 Å². The molecule has 4 heterocycles. The molecule has 6 nitrogen and oxygen atoms in total. The zero-order valence-corrected chi connectivity index (χ0v) is 22.0. The van der Waals surface area contributed by atoms with Gasteiger partial charge in [-0.05, 0) is 66.7 Å². The number of carbonyl (C=O) groups is 1. The molecule has 0 unspecified atom stereocenters. The van der Waals surface area contributed by atoms with Gasteiger partial charge >= 0.3 is 7.26 Å². The molecular formula is C29H31BFN4O2S+. The van der Waals surface area contributed by atoms with Crippen molar-refractivity contribution < 1.29 is 18.3 Å². The molecule has 0 saturated carbocycles. The molecule has 1 aromatic carbocycles. The van der Waals surface area contributed by atoms with Crippen molar-refractivity contribution in [3.8, 4) is 5.75 Å². The van der Waals surface area contributed by atoms with Gasteiger partial charge in [-0.1, -0.05) is 37.1 Å². The van der Waals surface area contributed by atoms with Crippen LogP contribution in [0.2, 0.25) is 0 Å². The molecule has 194 valence electrons. The van der Waals surface area contributed by atoms with Crippen LogP contribution in [0, 0.1) is 0 Å². The fraction of sp³-hybridized carbons (Fsp3) is 0.241. The fourth-order valence-corrected chi connectivity index (χ4v) is 5.35. The van der Waals surface area contributed by atoms with Crippen LogP contribution in [-0.4, -0.2) is 47.5 Å². The van der Waals surface area contributed by atoms with E-state index >= 15 is 4.32 Å². The Morgan fingerprint density at radius 1 is 1.08 bits per heavy atom. The molecule has 2 aliphatic heterocycles. The van der Waals surface area contributed by atoms with Crippen LogP contribution < -0.4 is 15.8 Å². The Morgan fingerprint density at radius 2 is 1.92 bits per heavy atom. The Morgan fingerprint density at radius 3 is 2.71 bits per heavy atom. The van der Waals surface area contributed by atoms with Crippen LogP contribution in [0.4, 0.5) is 4.32 Å². The lowest BCUT2D eigenvalue weighted by Gasteiger charge is -2.14. The molecule has 0 atom stereocenters. The van der Waals surface area contributed by atoms with Crippen molar-refractivity contribution in [2.45, 2.75) is 25.7 Å². The van der Waals surface area contributed by atoms with Crippen molar-refractivity contribution in [2.24, 2.45) is 5.73 Å². The van der Waals surface area contributed by atoms with Gasteiger partial charge in [0.2, 0.25) is 5.71 Å². The summed E-state index contributed by atoms with van der Waals surface area (Å²) in [6.07, 6.45) is 13.9. The Kier molecular flexibility index (Phi) is 8.36. The number of aromatic nitrogens is 1. The summed E-state index contributed by atoms with van der Waals surface area (Å²) < 4.78 is 24.9. The fourth-order valence-electron chi connectivity index (χ4n) is 4.60. The summed E-state index contributed by atoms with van der Waals surface area (Å²) in [5, 5.41) is 4.88. The molecule has 0 radical (unpaired) electrons. The number of nitrogens with one attached hydrogen (secondary N) is 1. The van der Waals surface area contributed by atoms with Gasteiger partial charge in [0.25, 0.3) is 5.91 Å². The minimum atomic E-state index is -1.33. The second kappa shape index (κ2) is 12.2. The number of thiophene rings is 1. The average molecular weight is 529 g/mol. The summed E-state index contributed by atoms with van der Waals surface area (Å²) in [7, 11) is -1.33. The second-order valence-electron chi connectivity index (χ2n) is 9.24. The Balaban J connectivity index is 1.18. The number of hydrogen-bond acceptors (Lipinski definition) is 4. The van der Waals surface area contributed by atoms with Gasteiger partial charge in [-0.3, -0.25) is 9.27 Å². The number of amides is 1. The summed E-state index contributed by atoms with van der Waals surface area (Å²) in [6, 6.07) is 15.4. The van der Waals surface area contributed by atoms with Gasteiger partial charge in [0, 0.05) is 36.2 Å². The molecule has 0 bridgehead atoms. The highest BCUT2D eigenvalue weighted by atomic mass is 32.1. The molecule has 0 aliphatic carbocycles. The largest absolute Gasteiger partial charge is 0.846 e. The van der Waals surface area contributed by atoms with Gasteiger partial charge in [0.15, 0.2) is 12.3 Å². The molecule has 9 heteroatoms. The molecule has 3 N–H and O–H groups in total. The van der Waals surface area contributed by atoms with Gasteiger partial charge in [-0.15, -0.1) is 11.3 Å². The van der Waals surface area contributed by atoms with Crippen molar-refractivity contribution in [1.29, 1.82) is 0 Å². The smallest absolute Gasteiger partial charge is 0.484 e. The first-order chi connectivity index (χ1) is 18.6. The lowest BCUT2D eigenvalue weighted by atomic mass is 9.97. The van der Waals surface area contributed by atoms with Crippen LogP contribution in [-0.2, 0) is 4.79 Å². The maximum atomic E-state index is 15.8. The number of hydrogen-bond donors (Lipinski definition) is 2. The second-order valence-corrected chi connectivity index (χ2v) is 10.2. The molecule has 0 saturated heterocycles. The third-order valence-electron chi connectivity index (χ3n) is 6.58. The third-order valence-corrected chi connectivity index (χ3v) is 7.47. The average Bonchev–Trinajstić information content (AvgIpc) is 3.69. The van der Waals surface area contributed by atoms with Crippen molar-refractivity contribution in [1.82, 2.24) is 9.79 Å². The zero-order valence-electron chi connectivity index (χ0n) is 21.2. The molecule has 2 aliphatic rings. The minimum Gasteiger partial charge on any atom is -0.484 e. The number of halogens is 1. The van der Waals surface area contributed by atoms with Crippen LogP contribution in [0.25, 0.3) is 18.2 Å². The van der Waals surface area contributed by atoms with Crippen LogP contribution in [0.3, 0.4) is 0 Å². The highest BCUT2D eigenvalue weighted by Crippen LogP contribution is 2.28. The molecule has 1 amide bonds. The lowest BCUT2D eigenvalue weighted by molar-refractivity contribution is -0.333. The molecule has 5 rings (SSSR count). The molecule has 2 aromatic heterocycles. The maximum absolute atomic E-state index is 15.8. The number of fused-ring (bicyclic) bond motifs is 2. The number of benzene rings is 1. The van der Waals surface area contributed by atoms with Crippen molar-refractivity contribution in [3.05, 3.63) is 93.6 Å². The first-order valence-electron chi connectivity index (χ1n) is 13.0. The molecular weight excluding hydrogens is 498 g/mol. The summed E-state index contributed by atoms with van der Waals surface area (Å²) >= 11 is 1.60. The van der Waals surface area contributed by atoms with E-state index in [9.17, 15) is 4.79 Å². The number of rotatable bonds is 12. The Hall–Kier alpha value is -3.69. The predicted molar refractivity (Wildman–Crippen MR) is 154 cm³/mol. The van der Waals surface area contributed by atoms with E-state index in [-0.39, 0.29) is 12.5 Å². The minimum absolute atomic E-state index is 0.0164. The van der Waals surface area contributed by atoms with E-state index in [1.807, 2.05) is 84.3 Å². The standard InChI is InChI=1S/C29H30BFN4O2S/c31-30-34-23(11-12-24(34)20-25-13-16-27(35(25)30)28-6-5-19-38-28)10-7-22-8-14-26(15-9-22)37-21-29(36)33-18-4-2-1-3-17-32/h5-16,19-20H,1-4,17-18,21,32H2/p+1/b10-7+. The third kappa shape index (κ3) is 5.90. The maximum Gasteiger partial charge on any atom is 0.846 e. The van der Waals surface area contributed by atoms with Gasteiger partial charge in [0.05, 0.1) is 4.88 Å². The summed E-state index contributed by atoms with van der Waals surface area (Å²) in [5.74, 6) is 0.497. The molecule has 0 fully saturated rings. The summed E-state index contributed by atoms with van der Waals surface area (Å²) in [4.78, 5) is 13.0. The Bertz CT molecular complexity index is 1390. The van der Waals surface area contributed by atoms with Gasteiger partial charge in [-0.25, -0.2) is 8.80 Å². The number of ether oxygens (including phenoxy) is 1. The van der Waals surface area contributed by atoms with E-state index in [1.165, 1.54) is 0 Å². The lowest BCUT2D eigenvalue weighted by Crippen LogP contribution is -2.39. The van der Waals surface area contributed by atoms with Crippen LogP contribution in [0.5, 0.6) is 5.75 Å². The van der Waals surface area contributed by atoms with Gasteiger partial charge in [-0.2, -0.15) is 0 Å².